The van der Waals surface area contributed by atoms with Gasteiger partial charge >= 0.3 is 0 Å². The number of hydrogen-bond donors (Lipinski definition) is 5. The minimum Gasteiger partial charge on any atom is -0.393 e. The summed E-state index contributed by atoms with van der Waals surface area (Å²) in [5.41, 5.74) is 10.8. The van der Waals surface area contributed by atoms with Crippen LogP contribution >= 0.6 is 11.9 Å². The summed E-state index contributed by atoms with van der Waals surface area (Å²) in [5.74, 6) is 1.69. The van der Waals surface area contributed by atoms with Gasteiger partial charge in [0.15, 0.2) is 0 Å². The van der Waals surface area contributed by atoms with E-state index in [-0.39, 0.29) is 48.8 Å². The second-order valence-electron chi connectivity index (χ2n) is 16.8. The Balaban J connectivity index is 0.898. The third-order valence-corrected chi connectivity index (χ3v) is 13.9. The zero-order chi connectivity index (χ0) is 42.2. The molecule has 322 valence electrons. The van der Waals surface area contributed by atoms with E-state index in [0.29, 0.717) is 30.3 Å². The van der Waals surface area contributed by atoms with E-state index < -0.39 is 5.41 Å². The number of aliphatic hydroxyl groups excluding tert-OH is 1. The zero-order valence-corrected chi connectivity index (χ0v) is 36.2. The van der Waals surface area contributed by atoms with Crippen LogP contribution in [-0.4, -0.2) is 106 Å². The number of amides is 3. The quantitative estimate of drug-likeness (QED) is 0.0334. The van der Waals surface area contributed by atoms with Gasteiger partial charge in [-0.1, -0.05) is 32.0 Å². The molecular weight excluding hydrogens is 777 g/mol. The minimum absolute atomic E-state index is 0.00760. The molecule has 0 bridgehead atoms. The number of aliphatic hydroxyl groups is 1. The molecule has 60 heavy (non-hydrogen) atoms. The number of aliphatic imine (C=N–C) groups is 1. The van der Waals surface area contributed by atoms with Gasteiger partial charge in [-0.25, -0.2) is 9.29 Å². The van der Waals surface area contributed by atoms with Crippen molar-refractivity contribution < 1.29 is 19.5 Å². The molecule has 3 aromatic rings. The highest BCUT2D eigenvalue weighted by atomic mass is 32.2. The molecule has 1 spiro atoms. The molecule has 3 atom stereocenters. The summed E-state index contributed by atoms with van der Waals surface area (Å²) >= 11 is 1.81. The first kappa shape index (κ1) is 43.5. The van der Waals surface area contributed by atoms with Crippen LogP contribution in [0.3, 0.4) is 0 Å². The van der Waals surface area contributed by atoms with Crippen molar-refractivity contribution in [2.75, 3.05) is 55.3 Å². The van der Waals surface area contributed by atoms with E-state index in [2.05, 4.69) is 80.4 Å². The molecule has 2 aliphatic heterocycles. The number of hydrogen-bond acceptors (Lipinski definition) is 11. The van der Waals surface area contributed by atoms with E-state index in [0.717, 1.165) is 108 Å². The van der Waals surface area contributed by atoms with Gasteiger partial charge in [0.25, 0.3) is 0 Å². The predicted octanol–water partition coefficient (Wildman–Crippen LogP) is 5.56. The Labute approximate surface area is 358 Å². The van der Waals surface area contributed by atoms with Gasteiger partial charge in [-0.05, 0) is 131 Å². The highest BCUT2D eigenvalue weighted by molar-refractivity contribution is 7.97. The number of fused-ring (bicyclic) bond motifs is 2. The van der Waals surface area contributed by atoms with Crippen molar-refractivity contribution in [3.8, 4) is 0 Å². The Hall–Kier alpha value is -4.57. The number of benzene rings is 2. The summed E-state index contributed by atoms with van der Waals surface area (Å²) in [6.45, 7) is 9.35. The van der Waals surface area contributed by atoms with Crippen LogP contribution in [0, 0.1) is 0 Å². The fourth-order valence-electron chi connectivity index (χ4n) is 9.12. The van der Waals surface area contributed by atoms with Gasteiger partial charge in [0.1, 0.15) is 11.7 Å². The summed E-state index contributed by atoms with van der Waals surface area (Å²) < 4.78 is 2.42. The fourth-order valence-corrected chi connectivity index (χ4v) is 10.1. The molecule has 2 aromatic carbocycles. The predicted molar refractivity (Wildman–Crippen MR) is 238 cm³/mol. The van der Waals surface area contributed by atoms with Gasteiger partial charge in [0, 0.05) is 79.6 Å². The van der Waals surface area contributed by atoms with Crippen LogP contribution in [0.5, 0.6) is 0 Å². The van der Waals surface area contributed by atoms with Crippen LogP contribution in [0.15, 0.2) is 58.5 Å². The highest BCUT2D eigenvalue weighted by Crippen LogP contribution is 2.57. The minimum atomic E-state index is -0.449. The van der Waals surface area contributed by atoms with Crippen LogP contribution in [0.2, 0.25) is 0 Å². The van der Waals surface area contributed by atoms with E-state index >= 15 is 0 Å². The second-order valence-corrected chi connectivity index (χ2v) is 17.9. The van der Waals surface area contributed by atoms with Gasteiger partial charge in [0.05, 0.1) is 11.5 Å². The van der Waals surface area contributed by atoms with Gasteiger partial charge in [0.2, 0.25) is 24.2 Å². The number of anilines is 3. The molecular formula is C45H62N10O4S. The van der Waals surface area contributed by atoms with Crippen LogP contribution in [0.25, 0.3) is 0 Å². The Morgan fingerprint density at radius 1 is 1.15 bits per heavy atom. The van der Waals surface area contributed by atoms with Gasteiger partial charge in [-0.2, -0.15) is 9.98 Å². The molecule has 3 fully saturated rings. The molecule has 3 heterocycles. The van der Waals surface area contributed by atoms with Crippen molar-refractivity contribution in [3.63, 3.8) is 0 Å². The Morgan fingerprint density at radius 3 is 2.68 bits per heavy atom. The number of nitrogens with two attached hydrogens (primary N) is 1. The topological polar surface area (TPSA) is 181 Å². The normalized spacial score (nSPS) is 20.9. The van der Waals surface area contributed by atoms with Crippen molar-refractivity contribution >= 4 is 53.5 Å². The first-order valence-corrected chi connectivity index (χ1v) is 22.7. The summed E-state index contributed by atoms with van der Waals surface area (Å²) in [7, 11) is 1.84. The van der Waals surface area contributed by atoms with Crippen LogP contribution in [0.1, 0.15) is 113 Å². The number of piperidine rings is 1. The Morgan fingerprint density at radius 2 is 1.97 bits per heavy atom. The van der Waals surface area contributed by atoms with Crippen molar-refractivity contribution in [1.82, 2.24) is 24.5 Å². The molecule has 1 saturated heterocycles. The molecule has 0 radical (unpaired) electrons. The summed E-state index contributed by atoms with van der Waals surface area (Å²) in [5, 5.41) is 19.7. The SMILES string of the molecule is CC[C@H](CCN(CC)Sc1cccc(CN2CCC(c3ccc(C(N)=NC(=O)CCNC=O)c(NC)c3)CC2)c1)Nc1ncc2c(n1)N(C1CCC[C@@H](O)C1)C(=O)C21CC1. The largest absolute Gasteiger partial charge is 0.393 e. The molecule has 3 amide bonds. The number of aromatic nitrogens is 2. The zero-order valence-electron chi connectivity index (χ0n) is 35.4. The average Bonchev–Trinajstić information content (AvgIpc) is 4.03. The maximum absolute atomic E-state index is 13.7. The van der Waals surface area contributed by atoms with Crippen molar-refractivity contribution in [2.24, 2.45) is 10.7 Å². The molecule has 2 saturated carbocycles. The molecule has 6 N–H and O–H groups in total. The van der Waals surface area contributed by atoms with E-state index in [1.165, 1.54) is 16.0 Å². The molecule has 2 aliphatic carbocycles. The number of rotatable bonds is 19. The lowest BCUT2D eigenvalue weighted by molar-refractivity contribution is -0.121. The molecule has 15 heteroatoms. The lowest BCUT2D eigenvalue weighted by atomic mass is 9.88. The maximum Gasteiger partial charge on any atom is 0.249 e. The summed E-state index contributed by atoms with van der Waals surface area (Å²) in [6.07, 6.45) is 11.1. The van der Waals surface area contributed by atoms with Crippen LogP contribution < -0.4 is 26.6 Å². The number of carbonyl (C=O) groups excluding carboxylic acids is 3. The van der Waals surface area contributed by atoms with Crippen LogP contribution in [-0.2, 0) is 26.3 Å². The monoisotopic (exact) mass is 838 g/mol. The van der Waals surface area contributed by atoms with Gasteiger partial charge in [-0.15, -0.1) is 0 Å². The molecule has 1 unspecified atom stereocenters. The van der Waals surface area contributed by atoms with E-state index in [1.54, 1.807) is 0 Å². The fraction of sp³-hybridized carbons (Fsp3) is 0.556. The lowest BCUT2D eigenvalue weighted by Crippen LogP contribution is -2.44. The second kappa shape index (κ2) is 19.9. The average molecular weight is 839 g/mol. The Bertz CT molecular complexity index is 2020. The van der Waals surface area contributed by atoms with Crippen molar-refractivity contribution in [1.29, 1.82) is 0 Å². The molecule has 4 aliphatic rings. The first-order chi connectivity index (χ1) is 29.1. The van der Waals surface area contributed by atoms with Gasteiger partial charge < -0.3 is 26.8 Å². The van der Waals surface area contributed by atoms with E-state index in [4.69, 9.17) is 15.7 Å². The number of amidine groups is 1. The first-order valence-electron chi connectivity index (χ1n) is 21.9. The van der Waals surface area contributed by atoms with Crippen LogP contribution in [0.4, 0.5) is 17.5 Å². The molecule has 1 aromatic heterocycles. The summed E-state index contributed by atoms with van der Waals surface area (Å²) in [4.78, 5) is 55.8. The number of likely N-dealkylation sites (tertiary alicyclic amines) is 1. The third-order valence-electron chi connectivity index (χ3n) is 12.8. The maximum atomic E-state index is 13.7. The van der Waals surface area contributed by atoms with Crippen molar-refractivity contribution in [3.05, 3.63) is 70.9 Å². The van der Waals surface area contributed by atoms with Gasteiger partial charge in [-0.3, -0.25) is 24.2 Å². The standard InChI is InChI=1S/C45H62N10O4S/c1-4-33(50-44-49-27-38-42(52-44)55(43(59)45(38)18-19-45)34-9-7-10-35(57)26-34)17-23-54(5-2)60-36-11-6-8-30(24-36)28-53-21-15-31(16-22-53)32-12-13-37(39(25-32)47-3)41(46)51-40(58)14-20-48-29-56/h6,8,11-13,24-25,27,29,31,33-35,47,57H,4-5,7,9-10,14-23,26,28H2,1-3H3,(H,48,56)(H2,46,51,58)(H,49,50,52)/t33-,34?,35-/m1/s1. The molecule has 7 rings (SSSR count). The Kier molecular flexibility index (Phi) is 14.4. The number of nitrogens with one attached hydrogen (secondary N) is 3. The highest BCUT2D eigenvalue weighted by Gasteiger charge is 2.61. The van der Waals surface area contributed by atoms with E-state index in [1.807, 2.05) is 36.2 Å². The number of carbonyl (C=O) groups is 3. The number of nitrogens with zero attached hydrogens (tertiary/aromatic N) is 6. The smallest absolute Gasteiger partial charge is 0.249 e. The lowest BCUT2D eigenvalue weighted by Gasteiger charge is -2.33. The third kappa shape index (κ3) is 10.1. The van der Waals surface area contributed by atoms with Crippen molar-refractivity contribution in [2.45, 2.75) is 125 Å². The molecule has 14 nitrogen and oxygen atoms in total. The summed E-state index contributed by atoms with van der Waals surface area (Å²) in [6, 6.07) is 15.3. The van der Waals surface area contributed by atoms with E-state index in [9.17, 15) is 19.5 Å².